The number of hydrogen-bond acceptors (Lipinski definition) is 2. The molecule has 0 aliphatic rings. The molecule has 110 valence electrons. The molecule has 0 radical (unpaired) electrons. The zero-order chi connectivity index (χ0) is 15.6. The van der Waals surface area contributed by atoms with Gasteiger partial charge in [0, 0.05) is 18.4 Å². The van der Waals surface area contributed by atoms with Gasteiger partial charge in [0.25, 0.3) is 0 Å². The second kappa shape index (κ2) is 6.00. The summed E-state index contributed by atoms with van der Waals surface area (Å²) in [5, 5.41) is 0. The normalized spacial score (nSPS) is 10.5. The van der Waals surface area contributed by atoms with Crippen molar-refractivity contribution in [1.29, 1.82) is 0 Å². The van der Waals surface area contributed by atoms with E-state index in [0.717, 1.165) is 28.8 Å². The number of hydrogen-bond donors (Lipinski definition) is 1. The maximum Gasteiger partial charge on any atom is 0.147 e. The number of aryl methyl sites for hydroxylation is 2. The topological polar surface area (TPSA) is 29.3 Å². The molecule has 2 rings (SSSR count). The van der Waals surface area contributed by atoms with Crippen LogP contribution in [0, 0.1) is 12.7 Å². The van der Waals surface area contributed by atoms with Gasteiger partial charge in [-0.2, -0.15) is 0 Å². The van der Waals surface area contributed by atoms with Crippen molar-refractivity contribution in [2.45, 2.75) is 20.3 Å². The summed E-state index contributed by atoms with van der Waals surface area (Å²) in [7, 11) is 1.82. The Labute approximate surface area is 125 Å². The maximum absolute atomic E-state index is 14.3. The molecule has 2 aromatic carbocycles. The lowest BCUT2D eigenvalue weighted by Gasteiger charge is -2.24. The number of nitrogen functional groups attached to an aromatic ring is 1. The minimum absolute atomic E-state index is 0.225. The summed E-state index contributed by atoms with van der Waals surface area (Å²) < 4.78 is 14.3. The lowest BCUT2D eigenvalue weighted by atomic mass is 10.0. The smallest absolute Gasteiger partial charge is 0.147 e. The van der Waals surface area contributed by atoms with Crippen LogP contribution in [0.1, 0.15) is 23.6 Å². The highest BCUT2D eigenvalue weighted by Crippen LogP contribution is 2.29. The Morgan fingerprint density at radius 1 is 1.24 bits per heavy atom. The first-order valence-electron chi connectivity index (χ1n) is 7.01. The zero-order valence-corrected chi connectivity index (χ0v) is 12.8. The molecule has 0 fully saturated rings. The molecule has 0 spiro atoms. The third-order valence-corrected chi connectivity index (χ3v) is 3.80. The second-order valence-electron chi connectivity index (χ2n) is 5.21. The lowest BCUT2D eigenvalue weighted by molar-refractivity contribution is 0.625. The van der Waals surface area contributed by atoms with Crippen molar-refractivity contribution in [3.63, 3.8) is 0 Å². The van der Waals surface area contributed by atoms with Crippen molar-refractivity contribution in [2.75, 3.05) is 17.7 Å². The van der Waals surface area contributed by atoms with Gasteiger partial charge in [-0.1, -0.05) is 25.6 Å². The van der Waals surface area contributed by atoms with Gasteiger partial charge in [-0.15, -0.1) is 0 Å². The van der Waals surface area contributed by atoms with E-state index in [9.17, 15) is 4.39 Å². The molecule has 0 aliphatic heterocycles. The lowest BCUT2D eigenvalue weighted by Crippen LogP contribution is -2.16. The van der Waals surface area contributed by atoms with Crippen molar-refractivity contribution in [3.8, 4) is 0 Å². The fourth-order valence-corrected chi connectivity index (χ4v) is 2.36. The number of halogens is 1. The van der Waals surface area contributed by atoms with Crippen molar-refractivity contribution in [2.24, 2.45) is 0 Å². The molecule has 0 unspecified atom stereocenters. The van der Waals surface area contributed by atoms with Crippen LogP contribution >= 0.6 is 0 Å². The van der Waals surface area contributed by atoms with Gasteiger partial charge in [-0.05, 0) is 54.3 Å². The quantitative estimate of drug-likeness (QED) is 0.844. The average Bonchev–Trinajstić information content (AvgIpc) is 2.48. The largest absolute Gasteiger partial charge is 0.399 e. The van der Waals surface area contributed by atoms with E-state index in [4.69, 9.17) is 5.73 Å². The van der Waals surface area contributed by atoms with E-state index >= 15 is 0 Å². The molecular formula is C18H21FN2. The van der Waals surface area contributed by atoms with Crippen LogP contribution in [0.3, 0.4) is 0 Å². The van der Waals surface area contributed by atoms with Gasteiger partial charge >= 0.3 is 0 Å². The van der Waals surface area contributed by atoms with Gasteiger partial charge < -0.3 is 10.6 Å². The van der Waals surface area contributed by atoms with Crippen molar-refractivity contribution in [1.82, 2.24) is 0 Å². The molecule has 2 nitrogen and oxygen atoms in total. The van der Waals surface area contributed by atoms with E-state index in [-0.39, 0.29) is 5.82 Å². The number of nitrogens with two attached hydrogens (primary N) is 1. The Bertz CT molecular complexity index is 660. The predicted molar refractivity (Wildman–Crippen MR) is 88.8 cm³/mol. The summed E-state index contributed by atoms with van der Waals surface area (Å²) >= 11 is 0. The molecule has 0 bridgehead atoms. The number of rotatable bonds is 4. The van der Waals surface area contributed by atoms with Gasteiger partial charge in [0.1, 0.15) is 5.82 Å². The average molecular weight is 284 g/mol. The first kappa shape index (κ1) is 15.1. The predicted octanol–water partition coefficient (Wildman–Crippen LogP) is 4.39. The van der Waals surface area contributed by atoms with Crippen molar-refractivity contribution in [3.05, 3.63) is 65.5 Å². The summed E-state index contributed by atoms with van der Waals surface area (Å²) in [5.41, 5.74) is 10.7. The van der Waals surface area contributed by atoms with E-state index in [1.54, 1.807) is 11.0 Å². The van der Waals surface area contributed by atoms with Crippen LogP contribution in [0.25, 0.3) is 5.70 Å². The highest BCUT2D eigenvalue weighted by molar-refractivity contribution is 5.78. The third-order valence-electron chi connectivity index (χ3n) is 3.80. The molecule has 0 saturated heterocycles. The van der Waals surface area contributed by atoms with Crippen LogP contribution in [0.4, 0.5) is 15.8 Å². The molecule has 0 amide bonds. The first-order valence-corrected chi connectivity index (χ1v) is 7.01. The first-order chi connectivity index (χ1) is 9.93. The molecule has 2 aromatic rings. The Kier molecular flexibility index (Phi) is 4.32. The fraction of sp³-hybridized carbons (Fsp3) is 0.222. The molecule has 3 heteroatoms. The van der Waals surface area contributed by atoms with Crippen LogP contribution in [0.5, 0.6) is 0 Å². The van der Waals surface area contributed by atoms with E-state index in [2.05, 4.69) is 6.58 Å². The van der Waals surface area contributed by atoms with Gasteiger partial charge in [-0.3, -0.25) is 0 Å². The minimum Gasteiger partial charge on any atom is -0.399 e. The Morgan fingerprint density at radius 2 is 1.86 bits per heavy atom. The summed E-state index contributed by atoms with van der Waals surface area (Å²) in [6, 6.07) is 10.9. The Hall–Kier alpha value is -2.29. The zero-order valence-electron chi connectivity index (χ0n) is 12.8. The summed E-state index contributed by atoms with van der Waals surface area (Å²) in [5.74, 6) is -0.225. The van der Waals surface area contributed by atoms with Gasteiger partial charge in [0.15, 0.2) is 0 Å². The van der Waals surface area contributed by atoms with E-state index < -0.39 is 0 Å². The van der Waals surface area contributed by atoms with Crippen LogP contribution < -0.4 is 10.6 Å². The van der Waals surface area contributed by atoms with E-state index in [1.165, 1.54) is 0 Å². The standard InChI is InChI=1S/C18H21FN2/c1-5-14-11-17(19)18(10-12(14)2)21(4)13(3)15-6-8-16(20)9-7-15/h6-11H,3,5,20H2,1-2,4H3. The monoisotopic (exact) mass is 284 g/mol. The summed E-state index contributed by atoms with van der Waals surface area (Å²) in [6.45, 7) is 8.09. The maximum atomic E-state index is 14.3. The van der Waals surface area contributed by atoms with E-state index in [0.29, 0.717) is 11.4 Å². The molecule has 0 saturated carbocycles. The van der Waals surface area contributed by atoms with Crippen LogP contribution in [0.15, 0.2) is 43.0 Å². The van der Waals surface area contributed by atoms with Crippen LogP contribution in [-0.2, 0) is 6.42 Å². The van der Waals surface area contributed by atoms with Crippen LogP contribution in [-0.4, -0.2) is 7.05 Å². The fourth-order valence-electron chi connectivity index (χ4n) is 2.36. The minimum atomic E-state index is -0.225. The molecule has 21 heavy (non-hydrogen) atoms. The third kappa shape index (κ3) is 3.07. The Balaban J connectivity index is 2.35. The molecule has 2 N–H and O–H groups in total. The molecular weight excluding hydrogens is 263 g/mol. The highest BCUT2D eigenvalue weighted by atomic mass is 19.1. The van der Waals surface area contributed by atoms with Crippen LogP contribution in [0.2, 0.25) is 0 Å². The number of benzene rings is 2. The Morgan fingerprint density at radius 3 is 2.43 bits per heavy atom. The number of anilines is 2. The van der Waals surface area contributed by atoms with Gasteiger partial charge in [-0.25, -0.2) is 4.39 Å². The number of nitrogens with zero attached hydrogens (tertiary/aromatic N) is 1. The molecule has 0 aliphatic carbocycles. The summed E-state index contributed by atoms with van der Waals surface area (Å²) in [4.78, 5) is 1.77. The SMILES string of the molecule is C=C(c1ccc(N)cc1)N(C)c1cc(C)c(CC)cc1F. The van der Waals surface area contributed by atoms with Gasteiger partial charge in [0.2, 0.25) is 0 Å². The molecule has 0 heterocycles. The highest BCUT2D eigenvalue weighted by Gasteiger charge is 2.14. The van der Waals surface area contributed by atoms with Crippen molar-refractivity contribution < 1.29 is 4.39 Å². The van der Waals surface area contributed by atoms with E-state index in [1.807, 2.05) is 51.2 Å². The molecule has 0 atom stereocenters. The van der Waals surface area contributed by atoms with Crippen molar-refractivity contribution >= 4 is 17.1 Å². The summed E-state index contributed by atoms with van der Waals surface area (Å²) in [6.07, 6.45) is 0.825. The second-order valence-corrected chi connectivity index (χ2v) is 5.21. The van der Waals surface area contributed by atoms with Gasteiger partial charge in [0.05, 0.1) is 5.69 Å². The molecule has 0 aromatic heterocycles.